The smallest absolute Gasteiger partial charge is 0.139 e. The molecule has 0 amide bonds. The first-order valence-corrected chi connectivity index (χ1v) is 11.2. The van der Waals surface area contributed by atoms with Crippen molar-refractivity contribution < 1.29 is 9.57 Å². The number of hydroxylamine groups is 1. The number of hydrogen-bond acceptors (Lipinski definition) is 7. The van der Waals surface area contributed by atoms with Crippen LogP contribution in [0.25, 0.3) is 0 Å². The van der Waals surface area contributed by atoms with E-state index in [-0.39, 0.29) is 13.5 Å². The van der Waals surface area contributed by atoms with E-state index in [9.17, 15) is 0 Å². The Bertz CT molecular complexity index is 703. The van der Waals surface area contributed by atoms with Crippen LogP contribution < -0.4 is 21.8 Å². The van der Waals surface area contributed by atoms with Gasteiger partial charge < -0.3 is 30.8 Å². The molecule has 1 atom stereocenters. The van der Waals surface area contributed by atoms with Crippen LogP contribution in [0.3, 0.4) is 0 Å². The van der Waals surface area contributed by atoms with Gasteiger partial charge in [-0.1, -0.05) is 26.2 Å². The summed E-state index contributed by atoms with van der Waals surface area (Å²) in [7, 11) is 3.76. The van der Waals surface area contributed by atoms with E-state index in [1.54, 1.807) is 7.05 Å². The summed E-state index contributed by atoms with van der Waals surface area (Å²) < 4.78 is 6.10. The van der Waals surface area contributed by atoms with Crippen molar-refractivity contribution in [1.29, 1.82) is 0 Å². The molecule has 1 unspecified atom stereocenters. The van der Waals surface area contributed by atoms with Crippen molar-refractivity contribution in [2.45, 2.75) is 52.7 Å². The Labute approximate surface area is 195 Å². The monoisotopic (exact) mass is 447 g/mol. The van der Waals surface area contributed by atoms with Gasteiger partial charge in [-0.05, 0) is 56.5 Å². The van der Waals surface area contributed by atoms with Crippen LogP contribution in [0, 0.1) is 0 Å². The summed E-state index contributed by atoms with van der Waals surface area (Å²) in [5.41, 5.74) is 13.0. The maximum absolute atomic E-state index is 6.27. The van der Waals surface area contributed by atoms with Crippen LogP contribution in [0.1, 0.15) is 40.5 Å². The molecule has 0 aromatic rings. The van der Waals surface area contributed by atoms with Gasteiger partial charge in [0, 0.05) is 51.9 Å². The highest BCUT2D eigenvalue weighted by Crippen LogP contribution is 2.23. The number of likely N-dealkylation sites (N-methyl/N-ethyl adjacent to an activating group) is 1. The molecule has 7 heteroatoms. The molecule has 0 saturated carbocycles. The molecule has 1 heterocycles. The van der Waals surface area contributed by atoms with Crippen molar-refractivity contribution in [1.82, 2.24) is 21.0 Å². The van der Waals surface area contributed by atoms with E-state index < -0.39 is 0 Å². The number of likely N-dealkylation sites (tertiary alicyclic amines) is 1. The standard InChI is InChI=1S/C24H41N5O2.CH4/c1-18(2)19(3)31-24-15-20(7-6-8-23(24)25)21(16-26-4)17-28-22-9-11-29(12-10-22)13-14-30-27-5;/h6-7,15,17,19,22,26-28H,1,8-14,16,25H2,2-5H3;1H4/b21-17+;. The molecule has 1 fully saturated rings. The van der Waals surface area contributed by atoms with Crippen molar-refractivity contribution in [3.05, 3.63) is 59.2 Å². The molecule has 0 bridgehead atoms. The molecule has 1 aliphatic heterocycles. The average Bonchev–Trinajstić information content (AvgIpc) is 2.93. The Morgan fingerprint density at radius 3 is 2.69 bits per heavy atom. The molecule has 2 aliphatic rings. The minimum Gasteiger partial charge on any atom is -0.485 e. The molecule has 0 aromatic heterocycles. The molecule has 182 valence electrons. The largest absolute Gasteiger partial charge is 0.485 e. The number of hydrogen-bond donors (Lipinski definition) is 4. The lowest BCUT2D eigenvalue weighted by Gasteiger charge is -2.32. The molecule has 1 aliphatic carbocycles. The second-order valence-corrected chi connectivity index (χ2v) is 8.24. The van der Waals surface area contributed by atoms with Crippen LogP contribution in [-0.2, 0) is 9.57 Å². The molecular formula is C25H45N5O2. The van der Waals surface area contributed by atoms with Gasteiger partial charge in [0.05, 0.1) is 12.3 Å². The van der Waals surface area contributed by atoms with Crippen LogP contribution in [0.2, 0.25) is 0 Å². The molecule has 32 heavy (non-hydrogen) atoms. The van der Waals surface area contributed by atoms with Gasteiger partial charge >= 0.3 is 0 Å². The van der Waals surface area contributed by atoms with Crippen molar-refractivity contribution in [3.8, 4) is 0 Å². The highest BCUT2D eigenvalue weighted by molar-refractivity contribution is 5.46. The summed E-state index contributed by atoms with van der Waals surface area (Å²) in [6, 6.07) is 0.475. The molecule has 0 spiro atoms. The maximum Gasteiger partial charge on any atom is 0.139 e. The van der Waals surface area contributed by atoms with Crippen LogP contribution in [0.5, 0.6) is 0 Å². The quantitative estimate of drug-likeness (QED) is 0.208. The molecule has 1 saturated heterocycles. The fraction of sp³-hybridized carbons (Fsp3) is 0.600. The van der Waals surface area contributed by atoms with Gasteiger partial charge in [0.1, 0.15) is 11.9 Å². The van der Waals surface area contributed by atoms with Crippen LogP contribution >= 0.6 is 0 Å². The summed E-state index contributed by atoms with van der Waals surface area (Å²) in [5.74, 6) is 0.731. The number of nitrogens with one attached hydrogen (secondary N) is 3. The normalized spacial score (nSPS) is 19.1. The topological polar surface area (TPSA) is 83.8 Å². The van der Waals surface area contributed by atoms with Crippen LogP contribution in [0.15, 0.2) is 59.2 Å². The lowest BCUT2D eigenvalue weighted by atomic mass is 10.0. The van der Waals surface area contributed by atoms with E-state index in [2.05, 4.69) is 45.9 Å². The van der Waals surface area contributed by atoms with Crippen molar-refractivity contribution in [2.24, 2.45) is 5.73 Å². The van der Waals surface area contributed by atoms with Gasteiger partial charge in [0.25, 0.3) is 0 Å². The average molecular weight is 448 g/mol. The fourth-order valence-electron chi connectivity index (χ4n) is 3.54. The third-order valence-corrected chi connectivity index (χ3v) is 5.71. The summed E-state index contributed by atoms with van der Waals surface area (Å²) in [5, 5.41) is 6.93. The van der Waals surface area contributed by atoms with Gasteiger partial charge in [0.2, 0.25) is 0 Å². The summed E-state index contributed by atoms with van der Waals surface area (Å²) in [6.07, 6.45) is 11.3. The van der Waals surface area contributed by atoms with E-state index in [0.29, 0.717) is 19.1 Å². The summed E-state index contributed by atoms with van der Waals surface area (Å²) >= 11 is 0. The predicted molar refractivity (Wildman–Crippen MR) is 135 cm³/mol. The first-order valence-electron chi connectivity index (χ1n) is 11.2. The van der Waals surface area contributed by atoms with Gasteiger partial charge in [-0.25, -0.2) is 5.48 Å². The first-order chi connectivity index (χ1) is 14.9. The van der Waals surface area contributed by atoms with Gasteiger partial charge in [-0.15, -0.1) is 0 Å². The fourth-order valence-corrected chi connectivity index (χ4v) is 3.54. The number of rotatable bonds is 12. The van der Waals surface area contributed by atoms with E-state index in [0.717, 1.165) is 61.6 Å². The van der Waals surface area contributed by atoms with E-state index in [1.165, 1.54) is 5.57 Å². The SMILES string of the molecule is C.C=C(C)C(C)OC1=C(N)CC=CC(/C(=C/NC2CCN(CCONC)CC2)CNC)=C1. The van der Waals surface area contributed by atoms with E-state index in [4.69, 9.17) is 15.3 Å². The zero-order chi connectivity index (χ0) is 22.6. The third-order valence-electron chi connectivity index (χ3n) is 5.71. The second-order valence-electron chi connectivity index (χ2n) is 8.24. The first kappa shape index (κ1) is 28.0. The molecule has 5 N–H and O–H groups in total. The van der Waals surface area contributed by atoms with E-state index >= 15 is 0 Å². The molecular weight excluding hydrogens is 402 g/mol. The second kappa shape index (κ2) is 14.9. The molecule has 2 rings (SSSR count). The molecule has 7 nitrogen and oxygen atoms in total. The van der Waals surface area contributed by atoms with Gasteiger partial charge in [-0.3, -0.25) is 0 Å². The predicted octanol–water partition coefficient (Wildman–Crippen LogP) is 2.97. The van der Waals surface area contributed by atoms with Crippen LogP contribution in [-0.4, -0.2) is 63.9 Å². The third kappa shape index (κ3) is 9.20. The Hall–Kier alpha value is -2.06. The zero-order valence-corrected chi connectivity index (χ0v) is 19.7. The number of nitrogens with two attached hydrogens (primary N) is 1. The van der Waals surface area contributed by atoms with E-state index in [1.807, 2.05) is 27.0 Å². The molecule has 0 radical (unpaired) electrons. The number of piperidine rings is 1. The van der Waals surface area contributed by atoms with Crippen molar-refractivity contribution in [3.63, 3.8) is 0 Å². The van der Waals surface area contributed by atoms with Crippen molar-refractivity contribution >= 4 is 0 Å². The number of nitrogens with zero attached hydrogens (tertiary/aromatic N) is 1. The minimum absolute atomic E-state index is 0. The summed E-state index contributed by atoms with van der Waals surface area (Å²) in [6.45, 7) is 12.6. The van der Waals surface area contributed by atoms with Crippen molar-refractivity contribution in [2.75, 3.05) is 46.9 Å². The number of ether oxygens (including phenoxy) is 1. The summed E-state index contributed by atoms with van der Waals surface area (Å²) in [4.78, 5) is 7.68. The Balaban J connectivity index is 0.00000512. The number of allylic oxidation sites excluding steroid dienone is 3. The van der Waals surface area contributed by atoms with Crippen LogP contribution in [0.4, 0.5) is 0 Å². The van der Waals surface area contributed by atoms with Gasteiger partial charge in [-0.2, -0.15) is 0 Å². The minimum atomic E-state index is -0.0808. The lowest BCUT2D eigenvalue weighted by Crippen LogP contribution is -2.42. The Morgan fingerprint density at radius 1 is 1.34 bits per heavy atom. The maximum atomic E-state index is 6.27. The van der Waals surface area contributed by atoms with Gasteiger partial charge in [0.15, 0.2) is 0 Å². The Morgan fingerprint density at radius 2 is 2.06 bits per heavy atom. The lowest BCUT2D eigenvalue weighted by molar-refractivity contribution is 0.0357. The zero-order valence-electron chi connectivity index (χ0n) is 19.7. The highest BCUT2D eigenvalue weighted by Gasteiger charge is 2.18. The Kier molecular flexibility index (Phi) is 13.0. The highest BCUT2D eigenvalue weighted by atomic mass is 16.6. The molecule has 0 aromatic carbocycles.